The van der Waals surface area contributed by atoms with Crippen molar-refractivity contribution in [1.29, 1.82) is 0 Å². The predicted octanol–water partition coefficient (Wildman–Crippen LogP) is 3.74. The summed E-state index contributed by atoms with van der Waals surface area (Å²) in [7, 11) is 3.01. The average Bonchev–Trinajstić information content (AvgIpc) is 3.08. The molecule has 4 aromatic heterocycles. The molecule has 48 heavy (non-hydrogen) atoms. The molecule has 0 radical (unpaired) electrons. The number of rotatable bonds is 9. The van der Waals surface area contributed by atoms with Gasteiger partial charge in [-0.3, -0.25) is 0 Å². The Kier molecular flexibility index (Phi) is 19.1. The third-order valence-electron chi connectivity index (χ3n) is 6.39. The van der Waals surface area contributed by atoms with Gasteiger partial charge in [-0.1, -0.05) is 77.4 Å². The number of aromatic nitrogens is 4. The van der Waals surface area contributed by atoms with Crippen LogP contribution in [-0.2, 0) is 0 Å². The highest BCUT2D eigenvalue weighted by atomic mass is 35.5. The minimum atomic E-state index is -1.54. The first-order valence-electron chi connectivity index (χ1n) is 15.2. The van der Waals surface area contributed by atoms with Crippen LogP contribution in [-0.4, -0.2) is 82.7 Å². The van der Waals surface area contributed by atoms with Crippen molar-refractivity contribution in [2.24, 2.45) is 0 Å². The Hall–Kier alpha value is -3.94. The van der Waals surface area contributed by atoms with Crippen LogP contribution in [0.5, 0.6) is 23.5 Å². The summed E-state index contributed by atoms with van der Waals surface area (Å²) in [6, 6.07) is 17.8. The Morgan fingerprint density at radius 2 is 0.875 bits per heavy atom. The van der Waals surface area contributed by atoms with Crippen LogP contribution in [0.1, 0.15) is 76.4 Å². The monoisotopic (exact) mass is 684 g/mol. The first kappa shape index (κ1) is 42.1. The van der Waals surface area contributed by atoms with Gasteiger partial charge in [-0.2, -0.15) is 0 Å². The molecule has 4 heterocycles. The van der Waals surface area contributed by atoms with Crippen LogP contribution in [0.3, 0.4) is 0 Å². The Bertz CT molecular complexity index is 1450. The lowest BCUT2D eigenvalue weighted by Gasteiger charge is -2.10. The van der Waals surface area contributed by atoms with Crippen LogP contribution in [0.2, 0.25) is 5.15 Å². The summed E-state index contributed by atoms with van der Waals surface area (Å²) in [4.78, 5) is 16.4. The molecule has 0 bridgehead atoms. The molecule has 4 rings (SSSR count). The quantitative estimate of drug-likeness (QED) is 0.149. The topological polar surface area (TPSA) is 169 Å². The highest BCUT2D eigenvalue weighted by molar-refractivity contribution is 6.60. The van der Waals surface area contributed by atoms with Crippen LogP contribution in [0, 0.1) is 0 Å². The highest BCUT2D eigenvalue weighted by Crippen LogP contribution is 2.16. The molecule has 4 aromatic rings. The second kappa shape index (κ2) is 21.8. The van der Waals surface area contributed by atoms with Crippen LogP contribution in [0.15, 0.2) is 60.7 Å². The third kappa shape index (κ3) is 14.4. The largest absolute Gasteiger partial charge is 0.494 e. The van der Waals surface area contributed by atoms with Crippen molar-refractivity contribution in [1.82, 2.24) is 19.9 Å². The number of halogens is 1. The summed E-state index contributed by atoms with van der Waals surface area (Å²) in [5, 5.41) is 36.5. The lowest BCUT2D eigenvalue weighted by atomic mass is 9.80. The number of pyridine rings is 4. The van der Waals surface area contributed by atoms with E-state index in [0.717, 1.165) is 17.1 Å². The first-order valence-corrected chi connectivity index (χ1v) is 15.6. The molecule has 0 unspecified atom stereocenters. The number of nitrogens with zero attached hydrogens (tertiary/aromatic N) is 4. The van der Waals surface area contributed by atoms with Crippen molar-refractivity contribution < 1.29 is 39.0 Å². The van der Waals surface area contributed by atoms with Gasteiger partial charge in [-0.25, -0.2) is 19.9 Å². The van der Waals surface area contributed by atoms with Crippen molar-refractivity contribution in [3.05, 3.63) is 82.9 Å². The summed E-state index contributed by atoms with van der Waals surface area (Å²) in [6.07, 6.45) is 0. The van der Waals surface area contributed by atoms with Gasteiger partial charge >= 0.3 is 14.2 Å². The lowest BCUT2D eigenvalue weighted by molar-refractivity contribution is 0.388. The third-order valence-corrected chi connectivity index (χ3v) is 6.60. The van der Waals surface area contributed by atoms with E-state index < -0.39 is 14.2 Å². The molecule has 0 atom stereocenters. The summed E-state index contributed by atoms with van der Waals surface area (Å²) in [5.41, 5.74) is 3.38. The van der Waals surface area contributed by atoms with Crippen molar-refractivity contribution in [3.63, 3.8) is 0 Å². The van der Waals surface area contributed by atoms with Gasteiger partial charge in [0.05, 0.1) is 28.4 Å². The zero-order chi connectivity index (χ0) is 36.4. The van der Waals surface area contributed by atoms with E-state index in [1.165, 1.54) is 14.2 Å². The van der Waals surface area contributed by atoms with Crippen molar-refractivity contribution in [2.45, 2.75) is 59.3 Å². The molecule has 0 saturated heterocycles. The summed E-state index contributed by atoms with van der Waals surface area (Å²) < 4.78 is 19.7. The molecule has 15 heteroatoms. The minimum Gasteiger partial charge on any atom is -0.481 e. The van der Waals surface area contributed by atoms with E-state index in [9.17, 15) is 0 Å². The van der Waals surface area contributed by atoms with Gasteiger partial charge < -0.3 is 39.0 Å². The maximum Gasteiger partial charge on any atom is 0.494 e. The molecule has 0 saturated carbocycles. The highest BCUT2D eigenvalue weighted by Gasteiger charge is 2.20. The zero-order valence-corrected chi connectivity index (χ0v) is 30.0. The van der Waals surface area contributed by atoms with E-state index in [1.807, 2.05) is 45.9 Å². The van der Waals surface area contributed by atoms with Crippen molar-refractivity contribution in [2.75, 3.05) is 28.4 Å². The summed E-state index contributed by atoms with van der Waals surface area (Å²) >= 11 is 5.53. The average molecular weight is 685 g/mol. The van der Waals surface area contributed by atoms with E-state index in [4.69, 9.17) is 50.6 Å². The van der Waals surface area contributed by atoms with Crippen molar-refractivity contribution >= 4 is 36.8 Å². The second-order valence-electron chi connectivity index (χ2n) is 11.0. The van der Waals surface area contributed by atoms with E-state index in [2.05, 4.69) is 33.8 Å². The molecule has 12 nitrogen and oxygen atoms in total. The molecular formula is C33H47B2ClN4O8. The molecule has 0 aliphatic rings. The Morgan fingerprint density at radius 1 is 0.500 bits per heavy atom. The Labute approximate surface area is 289 Å². The lowest BCUT2D eigenvalue weighted by Crippen LogP contribution is -2.32. The fourth-order valence-electron chi connectivity index (χ4n) is 3.66. The SMILES string of the molecule is COc1cccc(C(C)C)n1.COc1cccc(Cl)n1.COc1nc(C(C)C)ccc1B(O)O.COc1nc(C(C)C)ccc1B(O)O. The molecule has 0 spiro atoms. The second-order valence-corrected chi connectivity index (χ2v) is 11.4. The normalized spacial score (nSPS) is 10.1. The van der Waals surface area contributed by atoms with E-state index in [-0.39, 0.29) is 34.5 Å². The molecule has 0 aliphatic carbocycles. The van der Waals surface area contributed by atoms with Gasteiger partial charge in [0.1, 0.15) is 5.15 Å². The molecule has 0 fully saturated rings. The first-order chi connectivity index (χ1) is 22.7. The Balaban J connectivity index is 0.000000324. The fourth-order valence-corrected chi connectivity index (χ4v) is 3.82. The van der Waals surface area contributed by atoms with Crippen LogP contribution >= 0.6 is 11.6 Å². The minimum absolute atomic E-state index is 0.270. The maximum absolute atomic E-state index is 9.00. The van der Waals surface area contributed by atoms with E-state index in [0.29, 0.717) is 22.8 Å². The standard InChI is InChI=1S/2C9H14BNO3.C9H13NO.C6H6ClNO/c2*1-6(2)8-5-4-7(10(12)13)9(11-8)14-3;1-7(2)8-5-4-6-9(10-8)11-3;1-9-6-4-2-3-5(7)8-6/h2*4-6,12-13H,1-3H3;4-7H,1-3H3;2-4H,1H3. The Morgan fingerprint density at radius 3 is 1.19 bits per heavy atom. The van der Waals surface area contributed by atoms with Crippen LogP contribution in [0.25, 0.3) is 0 Å². The summed E-state index contributed by atoms with van der Waals surface area (Å²) in [6.45, 7) is 12.3. The molecular weight excluding hydrogens is 637 g/mol. The smallest absolute Gasteiger partial charge is 0.481 e. The van der Waals surface area contributed by atoms with Crippen LogP contribution in [0.4, 0.5) is 0 Å². The number of methoxy groups -OCH3 is 4. The molecule has 260 valence electrons. The number of hydrogen-bond acceptors (Lipinski definition) is 12. The van der Waals surface area contributed by atoms with E-state index in [1.54, 1.807) is 56.7 Å². The predicted molar refractivity (Wildman–Crippen MR) is 190 cm³/mol. The van der Waals surface area contributed by atoms with Gasteiger partial charge in [0.25, 0.3) is 0 Å². The molecule has 4 N–H and O–H groups in total. The maximum atomic E-state index is 9.00. The fraction of sp³-hybridized carbons (Fsp3) is 0.394. The van der Waals surface area contributed by atoms with E-state index >= 15 is 0 Å². The number of ether oxygens (including phenoxy) is 4. The van der Waals surface area contributed by atoms with Crippen LogP contribution < -0.4 is 29.9 Å². The molecule has 0 aromatic carbocycles. The number of hydrogen-bond donors (Lipinski definition) is 4. The van der Waals surface area contributed by atoms with Gasteiger partial charge in [0.2, 0.25) is 23.5 Å². The van der Waals surface area contributed by atoms with Crippen molar-refractivity contribution in [3.8, 4) is 23.5 Å². The molecule has 0 aliphatic heterocycles. The van der Waals surface area contributed by atoms with Gasteiger partial charge in [-0.05, 0) is 42.0 Å². The van der Waals surface area contributed by atoms with Gasteiger partial charge in [0, 0.05) is 40.1 Å². The zero-order valence-electron chi connectivity index (χ0n) is 29.2. The summed E-state index contributed by atoms with van der Waals surface area (Å²) in [5.74, 6) is 2.81. The van der Waals surface area contributed by atoms with Gasteiger partial charge in [-0.15, -0.1) is 0 Å². The molecule has 0 amide bonds. The van der Waals surface area contributed by atoms with Gasteiger partial charge in [0.15, 0.2) is 0 Å².